The first-order valence-corrected chi connectivity index (χ1v) is 4.89. The number of esters is 1. The van der Waals surface area contributed by atoms with E-state index in [0.29, 0.717) is 12.1 Å². The highest BCUT2D eigenvalue weighted by Gasteiger charge is 2.32. The first-order valence-electron chi connectivity index (χ1n) is 4.89. The molecule has 0 radical (unpaired) electrons. The molecule has 18 heavy (non-hydrogen) atoms. The lowest BCUT2D eigenvalue weighted by Gasteiger charge is -2.09. The normalized spacial score (nSPS) is 11.1. The first kappa shape index (κ1) is 14.0. The molecule has 0 aliphatic rings. The van der Waals surface area contributed by atoms with E-state index < -0.39 is 34.8 Å². The topological polar surface area (TPSA) is 63.6 Å². The smallest absolute Gasteiger partial charge is 0.416 e. The fraction of sp³-hybridized carbons (Fsp3) is 0.273. The molecule has 0 saturated heterocycles. The minimum atomic E-state index is -4.64. The fourth-order valence-corrected chi connectivity index (χ4v) is 1.21. The molecule has 1 aromatic carbocycles. The van der Waals surface area contributed by atoms with Crippen LogP contribution in [0.25, 0.3) is 0 Å². The maximum Gasteiger partial charge on any atom is 0.416 e. The van der Waals surface area contributed by atoms with Crippen LogP contribution >= 0.6 is 0 Å². The van der Waals surface area contributed by atoms with Gasteiger partial charge in [-0.25, -0.2) is 4.79 Å². The first-order chi connectivity index (χ1) is 8.27. The Labute approximate surface area is 100.0 Å². The molecule has 0 atom stereocenters. The third-order valence-electron chi connectivity index (χ3n) is 2.03. The number of hydrogen-bond acceptors (Lipinski definition) is 4. The van der Waals surface area contributed by atoms with Crippen LogP contribution in [0.4, 0.5) is 13.2 Å². The largest absolute Gasteiger partial charge is 0.507 e. The molecule has 98 valence electrons. The Balaban J connectivity index is 3.07. The van der Waals surface area contributed by atoms with Gasteiger partial charge in [-0.2, -0.15) is 13.2 Å². The Hall–Kier alpha value is -2.05. The van der Waals surface area contributed by atoms with Gasteiger partial charge < -0.3 is 9.84 Å². The van der Waals surface area contributed by atoms with Gasteiger partial charge in [0.1, 0.15) is 5.75 Å². The molecule has 0 aromatic heterocycles. The van der Waals surface area contributed by atoms with Gasteiger partial charge in [-0.1, -0.05) is 0 Å². The third kappa shape index (κ3) is 2.99. The SMILES string of the molecule is CCOC(=O)C(=O)c1ccc(C(F)(F)F)cc1O. The number of ether oxygens (including phenoxy) is 1. The number of carbonyl (C=O) groups excluding carboxylic acids is 2. The average Bonchev–Trinajstić information content (AvgIpc) is 2.27. The Bertz CT molecular complexity index is 480. The number of benzene rings is 1. The minimum absolute atomic E-state index is 0.0496. The van der Waals surface area contributed by atoms with Crippen molar-refractivity contribution in [3.63, 3.8) is 0 Å². The van der Waals surface area contributed by atoms with Gasteiger partial charge in [0.15, 0.2) is 0 Å². The Morgan fingerprint density at radius 3 is 2.39 bits per heavy atom. The molecule has 0 fully saturated rings. The van der Waals surface area contributed by atoms with E-state index in [1.807, 2.05) is 0 Å². The summed E-state index contributed by atoms with van der Waals surface area (Å²) in [5.74, 6) is -3.33. The number of carbonyl (C=O) groups is 2. The van der Waals surface area contributed by atoms with Crippen molar-refractivity contribution < 1.29 is 32.6 Å². The number of alkyl halides is 3. The Morgan fingerprint density at radius 1 is 1.33 bits per heavy atom. The number of aromatic hydroxyl groups is 1. The Morgan fingerprint density at radius 2 is 1.94 bits per heavy atom. The lowest BCUT2D eigenvalue weighted by atomic mass is 10.1. The predicted molar refractivity (Wildman–Crippen MR) is 54.1 cm³/mol. The summed E-state index contributed by atoms with van der Waals surface area (Å²) in [5.41, 5.74) is -1.64. The molecule has 1 aromatic rings. The molecule has 1 rings (SSSR count). The van der Waals surface area contributed by atoms with Gasteiger partial charge in [-0.15, -0.1) is 0 Å². The van der Waals surface area contributed by atoms with Gasteiger partial charge >= 0.3 is 12.1 Å². The maximum atomic E-state index is 12.3. The highest BCUT2D eigenvalue weighted by molar-refractivity contribution is 6.41. The van der Waals surface area contributed by atoms with Crippen molar-refractivity contribution in [1.82, 2.24) is 0 Å². The lowest BCUT2D eigenvalue weighted by Crippen LogP contribution is -2.18. The van der Waals surface area contributed by atoms with Gasteiger partial charge in [-0.05, 0) is 25.1 Å². The summed E-state index contributed by atoms with van der Waals surface area (Å²) in [4.78, 5) is 22.5. The van der Waals surface area contributed by atoms with Gasteiger partial charge in [0.25, 0.3) is 5.78 Å². The van der Waals surface area contributed by atoms with E-state index in [1.54, 1.807) is 0 Å². The summed E-state index contributed by atoms with van der Waals surface area (Å²) in [6.45, 7) is 1.42. The van der Waals surface area contributed by atoms with Crippen molar-refractivity contribution in [2.24, 2.45) is 0 Å². The summed E-state index contributed by atoms with van der Waals surface area (Å²) < 4.78 is 41.3. The molecule has 0 bridgehead atoms. The average molecular weight is 262 g/mol. The monoisotopic (exact) mass is 262 g/mol. The zero-order chi connectivity index (χ0) is 13.9. The summed E-state index contributed by atoms with van der Waals surface area (Å²) in [7, 11) is 0. The highest BCUT2D eigenvalue weighted by Crippen LogP contribution is 2.32. The van der Waals surface area contributed by atoms with Crippen molar-refractivity contribution in [3.05, 3.63) is 29.3 Å². The second kappa shape index (κ2) is 5.07. The third-order valence-corrected chi connectivity index (χ3v) is 2.03. The predicted octanol–water partition coefficient (Wildman–Crippen LogP) is 2.16. The molecule has 0 heterocycles. The summed E-state index contributed by atoms with van der Waals surface area (Å²) >= 11 is 0. The molecule has 1 N–H and O–H groups in total. The minimum Gasteiger partial charge on any atom is -0.507 e. The van der Waals surface area contributed by atoms with Crippen LogP contribution in [0.2, 0.25) is 0 Å². The fourth-order valence-electron chi connectivity index (χ4n) is 1.21. The van der Waals surface area contributed by atoms with Crippen molar-refractivity contribution in [3.8, 4) is 5.75 Å². The number of rotatable bonds is 3. The van der Waals surface area contributed by atoms with Crippen LogP contribution in [-0.2, 0) is 15.7 Å². The van der Waals surface area contributed by atoms with Crippen LogP contribution in [0.5, 0.6) is 5.75 Å². The van der Waals surface area contributed by atoms with Crippen LogP contribution in [0.1, 0.15) is 22.8 Å². The van der Waals surface area contributed by atoms with E-state index in [4.69, 9.17) is 0 Å². The Kier molecular flexibility index (Phi) is 3.95. The van der Waals surface area contributed by atoms with Crippen LogP contribution in [0.15, 0.2) is 18.2 Å². The van der Waals surface area contributed by atoms with E-state index >= 15 is 0 Å². The number of ketones is 1. The second-order valence-electron chi connectivity index (χ2n) is 3.28. The number of Topliss-reactive ketones (excluding diaryl/α,β-unsaturated/α-hetero) is 1. The quantitative estimate of drug-likeness (QED) is 0.515. The van der Waals surface area contributed by atoms with Crippen molar-refractivity contribution in [2.75, 3.05) is 6.61 Å². The maximum absolute atomic E-state index is 12.3. The zero-order valence-electron chi connectivity index (χ0n) is 9.25. The van der Waals surface area contributed by atoms with Gasteiger partial charge in [0.05, 0.1) is 17.7 Å². The van der Waals surface area contributed by atoms with Gasteiger partial charge in [0, 0.05) is 0 Å². The standard InChI is InChI=1S/C11H9F3O4/c1-2-18-10(17)9(16)7-4-3-6(5-8(7)15)11(12,13)14/h3-5,15H,2H2,1H3. The van der Waals surface area contributed by atoms with E-state index in [-0.39, 0.29) is 6.61 Å². The second-order valence-corrected chi connectivity index (χ2v) is 3.28. The van der Waals surface area contributed by atoms with Gasteiger partial charge in [-0.3, -0.25) is 4.79 Å². The molecular formula is C11H9F3O4. The van der Waals surface area contributed by atoms with Crippen molar-refractivity contribution >= 4 is 11.8 Å². The molecule has 0 saturated carbocycles. The van der Waals surface area contributed by atoms with E-state index in [9.17, 15) is 27.9 Å². The molecule has 7 heteroatoms. The molecule has 0 aliphatic carbocycles. The van der Waals surface area contributed by atoms with E-state index in [1.165, 1.54) is 6.92 Å². The number of phenolic OH excluding ortho intramolecular Hbond substituents is 1. The molecular weight excluding hydrogens is 253 g/mol. The summed E-state index contributed by atoms with van der Waals surface area (Å²) in [5, 5.41) is 9.31. The number of hydrogen-bond donors (Lipinski definition) is 1. The molecule has 0 spiro atoms. The van der Waals surface area contributed by atoms with E-state index in [0.717, 1.165) is 6.07 Å². The van der Waals surface area contributed by atoms with Crippen molar-refractivity contribution in [2.45, 2.75) is 13.1 Å². The zero-order valence-corrected chi connectivity index (χ0v) is 9.25. The summed E-state index contributed by atoms with van der Waals surface area (Å²) in [6, 6.07) is 1.72. The van der Waals surface area contributed by atoms with Crippen LogP contribution in [-0.4, -0.2) is 23.5 Å². The number of phenols is 1. The van der Waals surface area contributed by atoms with Crippen LogP contribution < -0.4 is 0 Å². The molecule has 4 nitrogen and oxygen atoms in total. The van der Waals surface area contributed by atoms with Gasteiger partial charge in [0.2, 0.25) is 0 Å². The lowest BCUT2D eigenvalue weighted by molar-refractivity contribution is -0.138. The van der Waals surface area contributed by atoms with E-state index in [2.05, 4.69) is 4.74 Å². The molecule has 0 amide bonds. The van der Waals surface area contributed by atoms with Crippen molar-refractivity contribution in [1.29, 1.82) is 0 Å². The van der Waals surface area contributed by atoms with Crippen LogP contribution in [0.3, 0.4) is 0 Å². The molecule has 0 unspecified atom stereocenters. The summed E-state index contributed by atoms with van der Waals surface area (Å²) in [6.07, 6.45) is -4.64. The number of halogens is 3. The highest BCUT2D eigenvalue weighted by atomic mass is 19.4. The molecule has 0 aliphatic heterocycles. The van der Waals surface area contributed by atoms with Crippen LogP contribution in [0, 0.1) is 0 Å².